The van der Waals surface area contributed by atoms with Gasteiger partial charge in [-0.3, -0.25) is 0 Å². The molecule has 40 heavy (non-hydrogen) atoms. The van der Waals surface area contributed by atoms with Crippen LogP contribution in [0.3, 0.4) is 0 Å². The second kappa shape index (κ2) is 10.1. The fourth-order valence-corrected chi connectivity index (χ4v) is 5.97. The normalized spacial score (nSPS) is 13.4. The smallest absolute Gasteiger partial charge is 0.135 e. The molecule has 4 nitrogen and oxygen atoms in total. The third kappa shape index (κ3) is 4.09. The van der Waals surface area contributed by atoms with Crippen molar-refractivity contribution in [3.05, 3.63) is 168 Å². The number of anilines is 1. The van der Waals surface area contributed by atoms with E-state index in [9.17, 15) is 5.11 Å². The Hall–Kier alpha value is -4.67. The van der Waals surface area contributed by atoms with E-state index >= 15 is 0 Å². The zero-order valence-corrected chi connectivity index (χ0v) is 22.8. The standard InChI is InChI=1S/C36H33N3O/c1-26(2)36(40,32-20-18-28-23-33(37)21-19-27(28)22-32)34-24-39(25-38-34)35(29-12-6-3-7-13-29,30-14-8-4-9-15-30)31-16-10-5-11-17-31/h3-26,40H,37H2,1-2H3. The number of nitrogen functional groups attached to an aromatic ring is 1. The van der Waals surface area contributed by atoms with Crippen LogP contribution in [0.4, 0.5) is 5.69 Å². The molecule has 1 unspecified atom stereocenters. The highest BCUT2D eigenvalue weighted by atomic mass is 16.3. The highest BCUT2D eigenvalue weighted by Crippen LogP contribution is 2.43. The highest BCUT2D eigenvalue weighted by molar-refractivity contribution is 5.86. The van der Waals surface area contributed by atoms with E-state index in [-0.39, 0.29) is 5.92 Å². The van der Waals surface area contributed by atoms with E-state index in [2.05, 4.69) is 77.4 Å². The first-order valence-corrected chi connectivity index (χ1v) is 13.7. The van der Waals surface area contributed by atoms with E-state index in [4.69, 9.17) is 10.7 Å². The average Bonchev–Trinajstić information content (AvgIpc) is 3.49. The molecule has 4 heteroatoms. The summed E-state index contributed by atoms with van der Waals surface area (Å²) < 4.78 is 2.15. The minimum Gasteiger partial charge on any atom is -0.399 e. The van der Waals surface area contributed by atoms with Gasteiger partial charge in [0.05, 0.1) is 12.0 Å². The zero-order chi connectivity index (χ0) is 27.7. The molecule has 0 aliphatic carbocycles. The fourth-order valence-electron chi connectivity index (χ4n) is 5.97. The Morgan fingerprint density at radius 1 is 0.650 bits per heavy atom. The molecular formula is C36H33N3O. The van der Waals surface area contributed by atoms with E-state index in [0.29, 0.717) is 5.69 Å². The molecule has 0 spiro atoms. The van der Waals surface area contributed by atoms with E-state index in [0.717, 1.165) is 38.7 Å². The molecular weight excluding hydrogens is 490 g/mol. The zero-order valence-electron chi connectivity index (χ0n) is 22.8. The Balaban J connectivity index is 1.59. The third-order valence-corrected chi connectivity index (χ3v) is 8.08. The number of hydrogen-bond acceptors (Lipinski definition) is 3. The van der Waals surface area contributed by atoms with Gasteiger partial charge in [-0.2, -0.15) is 0 Å². The van der Waals surface area contributed by atoms with Gasteiger partial charge in [-0.15, -0.1) is 0 Å². The van der Waals surface area contributed by atoms with Crippen LogP contribution in [0.2, 0.25) is 0 Å². The second-order valence-electron chi connectivity index (χ2n) is 10.7. The van der Waals surface area contributed by atoms with Crippen LogP contribution in [0.15, 0.2) is 140 Å². The molecule has 1 atom stereocenters. The summed E-state index contributed by atoms with van der Waals surface area (Å²) in [7, 11) is 0. The van der Waals surface area contributed by atoms with Crippen molar-refractivity contribution in [3.63, 3.8) is 0 Å². The molecule has 1 aromatic heterocycles. The number of aliphatic hydroxyl groups is 1. The first-order chi connectivity index (χ1) is 19.4. The summed E-state index contributed by atoms with van der Waals surface area (Å²) in [5, 5.41) is 14.5. The van der Waals surface area contributed by atoms with Crippen molar-refractivity contribution in [1.29, 1.82) is 0 Å². The van der Waals surface area contributed by atoms with Gasteiger partial charge in [0.1, 0.15) is 11.1 Å². The van der Waals surface area contributed by atoms with E-state index in [1.54, 1.807) is 0 Å². The van der Waals surface area contributed by atoms with Crippen LogP contribution in [-0.2, 0) is 11.1 Å². The summed E-state index contributed by atoms with van der Waals surface area (Å²) in [6.45, 7) is 4.07. The number of aromatic nitrogens is 2. The lowest BCUT2D eigenvalue weighted by atomic mass is 9.76. The lowest BCUT2D eigenvalue weighted by molar-refractivity contribution is 0.0279. The predicted molar refractivity (Wildman–Crippen MR) is 163 cm³/mol. The Bertz CT molecular complexity index is 1650. The molecule has 0 bridgehead atoms. The van der Waals surface area contributed by atoms with E-state index in [1.807, 2.05) is 81.0 Å². The van der Waals surface area contributed by atoms with E-state index in [1.165, 1.54) is 0 Å². The van der Waals surface area contributed by atoms with Gasteiger partial charge in [-0.1, -0.05) is 123 Å². The van der Waals surface area contributed by atoms with Crippen LogP contribution in [0.25, 0.3) is 10.8 Å². The van der Waals surface area contributed by atoms with Crippen molar-refractivity contribution in [2.45, 2.75) is 25.0 Å². The van der Waals surface area contributed by atoms with Crippen molar-refractivity contribution in [2.24, 2.45) is 5.92 Å². The molecule has 0 fully saturated rings. The summed E-state index contributed by atoms with van der Waals surface area (Å²) in [5.74, 6) is -0.137. The van der Waals surface area contributed by atoms with Gasteiger partial charge in [-0.25, -0.2) is 4.98 Å². The van der Waals surface area contributed by atoms with Gasteiger partial charge in [0.25, 0.3) is 0 Å². The maximum atomic E-state index is 12.4. The van der Waals surface area contributed by atoms with Crippen LogP contribution < -0.4 is 5.73 Å². The predicted octanol–water partition coefficient (Wildman–Crippen LogP) is 7.35. The number of rotatable bonds is 7. The lowest BCUT2D eigenvalue weighted by Crippen LogP contribution is -2.37. The SMILES string of the molecule is CC(C)C(O)(c1ccc2cc(N)ccc2c1)c1cn(C(c2ccccc2)(c2ccccc2)c2ccccc2)cn1. The van der Waals surface area contributed by atoms with Crippen molar-refractivity contribution < 1.29 is 5.11 Å². The lowest BCUT2D eigenvalue weighted by Gasteiger charge is -2.37. The third-order valence-electron chi connectivity index (χ3n) is 8.08. The molecule has 3 N–H and O–H groups in total. The largest absolute Gasteiger partial charge is 0.399 e. The van der Waals surface area contributed by atoms with Crippen LogP contribution >= 0.6 is 0 Å². The van der Waals surface area contributed by atoms with Crippen LogP contribution in [0.5, 0.6) is 0 Å². The molecule has 5 aromatic carbocycles. The minimum absolute atomic E-state index is 0.137. The topological polar surface area (TPSA) is 64.1 Å². The summed E-state index contributed by atoms with van der Waals surface area (Å²) in [6.07, 6.45) is 3.87. The molecule has 0 radical (unpaired) electrons. The number of fused-ring (bicyclic) bond motifs is 1. The molecule has 198 valence electrons. The van der Waals surface area contributed by atoms with Crippen molar-refractivity contribution >= 4 is 16.5 Å². The molecule has 0 saturated carbocycles. The first kappa shape index (κ1) is 25.6. The van der Waals surface area contributed by atoms with Gasteiger partial charge in [0.15, 0.2) is 0 Å². The van der Waals surface area contributed by atoms with Crippen molar-refractivity contribution in [3.8, 4) is 0 Å². The number of nitrogens with zero attached hydrogens (tertiary/aromatic N) is 2. The van der Waals surface area contributed by atoms with Crippen LogP contribution in [0.1, 0.15) is 41.8 Å². The van der Waals surface area contributed by atoms with Gasteiger partial charge >= 0.3 is 0 Å². The summed E-state index contributed by atoms with van der Waals surface area (Å²) in [5.41, 5.74) is 9.44. The molecule has 0 amide bonds. The maximum absolute atomic E-state index is 12.4. The Labute approximate surface area is 235 Å². The van der Waals surface area contributed by atoms with Crippen LogP contribution in [0, 0.1) is 5.92 Å². The average molecular weight is 524 g/mol. The fraction of sp³-hybridized carbons (Fsp3) is 0.139. The quantitative estimate of drug-likeness (QED) is 0.170. The minimum atomic E-state index is -1.31. The van der Waals surface area contributed by atoms with Gasteiger partial charge in [-0.05, 0) is 57.1 Å². The Kier molecular flexibility index (Phi) is 6.49. The van der Waals surface area contributed by atoms with E-state index < -0.39 is 11.1 Å². The Morgan fingerprint density at radius 3 is 1.68 bits per heavy atom. The second-order valence-corrected chi connectivity index (χ2v) is 10.7. The number of hydrogen-bond donors (Lipinski definition) is 2. The van der Waals surface area contributed by atoms with Crippen molar-refractivity contribution in [2.75, 3.05) is 5.73 Å². The molecule has 6 aromatic rings. The highest BCUT2D eigenvalue weighted by Gasteiger charge is 2.42. The van der Waals surface area contributed by atoms with Gasteiger partial charge < -0.3 is 15.4 Å². The van der Waals surface area contributed by atoms with Crippen molar-refractivity contribution in [1.82, 2.24) is 9.55 Å². The summed E-state index contributed by atoms with van der Waals surface area (Å²) >= 11 is 0. The number of imidazole rings is 1. The van der Waals surface area contributed by atoms with Crippen LogP contribution in [-0.4, -0.2) is 14.7 Å². The van der Waals surface area contributed by atoms with Gasteiger partial charge in [0.2, 0.25) is 0 Å². The molecule has 0 aliphatic heterocycles. The summed E-state index contributed by atoms with van der Waals surface area (Å²) in [6, 6.07) is 43.4. The number of nitrogens with two attached hydrogens (primary N) is 1. The first-order valence-electron chi connectivity index (χ1n) is 13.7. The molecule has 6 rings (SSSR count). The Morgan fingerprint density at radius 2 is 1.15 bits per heavy atom. The summed E-state index contributed by atoms with van der Waals surface area (Å²) in [4.78, 5) is 4.92. The molecule has 0 aliphatic rings. The maximum Gasteiger partial charge on any atom is 0.135 e. The monoisotopic (exact) mass is 523 g/mol. The number of benzene rings is 5. The molecule has 1 heterocycles. The molecule has 0 saturated heterocycles. The van der Waals surface area contributed by atoms with Gasteiger partial charge in [0, 0.05) is 11.9 Å².